The first-order valence-corrected chi connectivity index (χ1v) is 6.59. The topological polar surface area (TPSA) is 58.6 Å². The molecular weight excluding hydrogens is 232 g/mol. The number of carbonyl (C=O) groups excluding carboxylic acids is 2. The zero-order chi connectivity index (χ0) is 13.5. The van der Waals surface area contributed by atoms with Crippen LogP contribution in [0.3, 0.4) is 0 Å². The van der Waals surface area contributed by atoms with E-state index in [0.29, 0.717) is 25.6 Å². The van der Waals surface area contributed by atoms with E-state index in [0.717, 1.165) is 19.4 Å². The minimum absolute atomic E-state index is 0.0363. The summed E-state index contributed by atoms with van der Waals surface area (Å²) < 4.78 is 4.76. The summed E-state index contributed by atoms with van der Waals surface area (Å²) in [5.74, 6) is 0.247. The van der Waals surface area contributed by atoms with Crippen LogP contribution in [-0.4, -0.2) is 50.1 Å². The average molecular weight is 256 g/mol. The first-order chi connectivity index (χ1) is 8.52. The fraction of sp³-hybridized carbons (Fsp3) is 0.846. The second kappa shape index (κ2) is 7.36. The maximum Gasteiger partial charge on any atom is 0.309 e. The van der Waals surface area contributed by atoms with Crippen LogP contribution in [0.15, 0.2) is 0 Å². The van der Waals surface area contributed by atoms with Crippen LogP contribution in [0.25, 0.3) is 0 Å². The van der Waals surface area contributed by atoms with Crippen molar-refractivity contribution in [3.63, 3.8) is 0 Å². The second-order valence-corrected chi connectivity index (χ2v) is 5.30. The van der Waals surface area contributed by atoms with Gasteiger partial charge in [-0.15, -0.1) is 0 Å². The third-order valence-corrected chi connectivity index (χ3v) is 3.11. The molecule has 1 aliphatic rings. The molecule has 5 nitrogen and oxygen atoms in total. The largest absolute Gasteiger partial charge is 0.469 e. The number of hydrogen-bond acceptors (Lipinski definition) is 4. The number of methoxy groups -OCH3 is 1. The minimum atomic E-state index is -0.165. The molecule has 1 saturated heterocycles. The van der Waals surface area contributed by atoms with Gasteiger partial charge < -0.3 is 10.1 Å². The lowest BCUT2D eigenvalue weighted by atomic mass is 9.98. The van der Waals surface area contributed by atoms with Crippen molar-refractivity contribution in [1.82, 2.24) is 10.2 Å². The number of esters is 1. The van der Waals surface area contributed by atoms with E-state index in [1.165, 1.54) is 7.11 Å². The number of piperidine rings is 1. The molecule has 0 aromatic rings. The van der Waals surface area contributed by atoms with E-state index in [-0.39, 0.29) is 17.8 Å². The lowest BCUT2D eigenvalue weighted by molar-refractivity contribution is -0.147. The maximum absolute atomic E-state index is 11.7. The lowest BCUT2D eigenvalue weighted by Crippen LogP contribution is -2.45. The zero-order valence-corrected chi connectivity index (χ0v) is 11.6. The van der Waals surface area contributed by atoms with Crippen LogP contribution in [0.2, 0.25) is 0 Å². The normalized spacial score (nSPS) is 20.8. The summed E-state index contributed by atoms with van der Waals surface area (Å²) in [6.45, 7) is 6.71. The smallest absolute Gasteiger partial charge is 0.309 e. The number of amides is 1. The second-order valence-electron chi connectivity index (χ2n) is 5.30. The Labute approximate surface area is 109 Å². The van der Waals surface area contributed by atoms with Gasteiger partial charge in [0.25, 0.3) is 0 Å². The van der Waals surface area contributed by atoms with E-state index in [4.69, 9.17) is 4.74 Å². The Kier molecular flexibility index (Phi) is 6.12. The van der Waals surface area contributed by atoms with E-state index in [9.17, 15) is 9.59 Å². The van der Waals surface area contributed by atoms with Crippen molar-refractivity contribution in [3.8, 4) is 0 Å². The highest BCUT2D eigenvalue weighted by Crippen LogP contribution is 2.17. The van der Waals surface area contributed by atoms with Crippen LogP contribution >= 0.6 is 0 Å². The van der Waals surface area contributed by atoms with Crippen molar-refractivity contribution in [2.45, 2.75) is 26.7 Å². The van der Waals surface area contributed by atoms with Crippen molar-refractivity contribution >= 4 is 11.9 Å². The van der Waals surface area contributed by atoms with E-state index in [1.807, 2.05) is 4.90 Å². The van der Waals surface area contributed by atoms with Crippen LogP contribution in [0, 0.1) is 11.8 Å². The Morgan fingerprint density at radius 2 is 2.17 bits per heavy atom. The first-order valence-electron chi connectivity index (χ1n) is 6.59. The maximum atomic E-state index is 11.7. The Hall–Kier alpha value is -1.10. The highest BCUT2D eigenvalue weighted by atomic mass is 16.5. The fourth-order valence-corrected chi connectivity index (χ4v) is 2.14. The lowest BCUT2D eigenvalue weighted by Gasteiger charge is -2.30. The van der Waals surface area contributed by atoms with Gasteiger partial charge in [-0.1, -0.05) is 13.8 Å². The average Bonchev–Trinajstić information content (AvgIpc) is 2.35. The van der Waals surface area contributed by atoms with Crippen LogP contribution in [0.4, 0.5) is 0 Å². The quantitative estimate of drug-likeness (QED) is 0.734. The summed E-state index contributed by atoms with van der Waals surface area (Å²) >= 11 is 0. The fourth-order valence-electron chi connectivity index (χ4n) is 2.14. The molecule has 1 rings (SSSR count). The van der Waals surface area contributed by atoms with Crippen molar-refractivity contribution in [2.24, 2.45) is 11.8 Å². The molecule has 1 N–H and O–H groups in total. The van der Waals surface area contributed by atoms with Crippen LogP contribution in [0.1, 0.15) is 26.7 Å². The van der Waals surface area contributed by atoms with Crippen LogP contribution in [-0.2, 0) is 14.3 Å². The Balaban J connectivity index is 2.33. The van der Waals surface area contributed by atoms with E-state index in [2.05, 4.69) is 19.2 Å². The predicted octanol–water partition coefficient (Wildman–Crippen LogP) is 0.644. The summed E-state index contributed by atoms with van der Waals surface area (Å²) in [7, 11) is 1.41. The molecule has 0 bridgehead atoms. The van der Waals surface area contributed by atoms with E-state index < -0.39 is 0 Å². The number of ether oxygens (including phenoxy) is 1. The van der Waals surface area contributed by atoms with Gasteiger partial charge in [-0.3, -0.25) is 14.5 Å². The molecule has 104 valence electrons. The highest BCUT2D eigenvalue weighted by Gasteiger charge is 2.27. The molecule has 1 fully saturated rings. The minimum Gasteiger partial charge on any atom is -0.469 e. The Morgan fingerprint density at radius 1 is 1.44 bits per heavy atom. The van der Waals surface area contributed by atoms with E-state index >= 15 is 0 Å². The number of nitrogens with one attached hydrogen (secondary N) is 1. The highest BCUT2D eigenvalue weighted by molar-refractivity contribution is 5.78. The van der Waals surface area contributed by atoms with Crippen molar-refractivity contribution in [3.05, 3.63) is 0 Å². The predicted molar refractivity (Wildman–Crippen MR) is 69.0 cm³/mol. The first kappa shape index (κ1) is 15.0. The van der Waals surface area contributed by atoms with Crippen LogP contribution in [0.5, 0.6) is 0 Å². The molecule has 1 amide bonds. The molecule has 0 radical (unpaired) electrons. The van der Waals surface area contributed by atoms with Gasteiger partial charge in [0.1, 0.15) is 0 Å². The standard InChI is InChI=1S/C13H24N2O3/c1-10(2)7-14-12(16)9-15-6-4-5-11(8-15)13(17)18-3/h10-11H,4-9H2,1-3H3,(H,14,16)/t11-/m0/s1. The van der Waals surface area contributed by atoms with Gasteiger partial charge in [0, 0.05) is 13.1 Å². The molecule has 0 spiro atoms. The van der Waals surface area contributed by atoms with Crippen molar-refractivity contribution in [2.75, 3.05) is 33.3 Å². The molecule has 0 aromatic carbocycles. The molecule has 1 aliphatic heterocycles. The van der Waals surface area contributed by atoms with Gasteiger partial charge in [0.2, 0.25) is 5.91 Å². The summed E-state index contributed by atoms with van der Waals surface area (Å²) in [4.78, 5) is 25.2. The monoisotopic (exact) mass is 256 g/mol. The van der Waals surface area contributed by atoms with Gasteiger partial charge in [0.15, 0.2) is 0 Å². The third kappa shape index (κ3) is 5.04. The zero-order valence-electron chi connectivity index (χ0n) is 11.6. The van der Waals surface area contributed by atoms with Crippen molar-refractivity contribution < 1.29 is 14.3 Å². The van der Waals surface area contributed by atoms with Gasteiger partial charge in [-0.2, -0.15) is 0 Å². The number of hydrogen-bond donors (Lipinski definition) is 1. The van der Waals surface area contributed by atoms with Crippen molar-refractivity contribution in [1.29, 1.82) is 0 Å². The Bertz CT molecular complexity index is 292. The molecule has 0 unspecified atom stereocenters. The van der Waals surface area contributed by atoms with Gasteiger partial charge in [-0.25, -0.2) is 0 Å². The van der Waals surface area contributed by atoms with Crippen LogP contribution < -0.4 is 5.32 Å². The number of likely N-dealkylation sites (tertiary alicyclic amines) is 1. The summed E-state index contributed by atoms with van der Waals surface area (Å²) in [5, 5.41) is 2.89. The van der Waals surface area contributed by atoms with E-state index in [1.54, 1.807) is 0 Å². The SMILES string of the molecule is COC(=O)[C@H]1CCCN(CC(=O)NCC(C)C)C1. The molecule has 0 saturated carbocycles. The molecule has 5 heteroatoms. The van der Waals surface area contributed by atoms with Gasteiger partial charge >= 0.3 is 5.97 Å². The summed E-state index contributed by atoms with van der Waals surface area (Å²) in [6, 6.07) is 0. The molecule has 0 aliphatic carbocycles. The molecular formula is C13H24N2O3. The summed E-state index contributed by atoms with van der Waals surface area (Å²) in [6.07, 6.45) is 1.80. The summed E-state index contributed by atoms with van der Waals surface area (Å²) in [5.41, 5.74) is 0. The number of nitrogens with zero attached hydrogens (tertiary/aromatic N) is 1. The third-order valence-electron chi connectivity index (χ3n) is 3.11. The molecule has 0 aromatic heterocycles. The Morgan fingerprint density at radius 3 is 2.78 bits per heavy atom. The van der Waals surface area contributed by atoms with Gasteiger partial charge in [-0.05, 0) is 25.3 Å². The number of carbonyl (C=O) groups is 2. The van der Waals surface area contributed by atoms with Gasteiger partial charge in [0.05, 0.1) is 19.6 Å². The molecule has 1 heterocycles. The number of rotatable bonds is 5. The molecule has 1 atom stereocenters. The molecule has 18 heavy (non-hydrogen) atoms.